The molecule has 0 N–H and O–H groups in total. The molecule has 18 heavy (non-hydrogen) atoms. The van der Waals surface area contributed by atoms with E-state index in [2.05, 4.69) is 23.8 Å². The number of likely N-dealkylation sites (N-methyl/N-ethyl adjacent to an activating group) is 1. The van der Waals surface area contributed by atoms with Crippen LogP contribution in [0.5, 0.6) is 0 Å². The molecule has 0 aliphatic heterocycles. The number of hydrogen-bond donors (Lipinski definition) is 0. The lowest BCUT2D eigenvalue weighted by Crippen LogP contribution is -2.27. The summed E-state index contributed by atoms with van der Waals surface area (Å²) in [6, 6.07) is 0. The van der Waals surface area contributed by atoms with Gasteiger partial charge in [0.05, 0.1) is 12.7 Å². The molecule has 0 radical (unpaired) electrons. The molecule has 0 bridgehead atoms. The number of hydrogen-bond acceptors (Lipinski definition) is 4. The van der Waals surface area contributed by atoms with Crippen molar-refractivity contribution >= 4 is 10.0 Å². The van der Waals surface area contributed by atoms with Crippen LogP contribution >= 0.6 is 0 Å². The first-order chi connectivity index (χ1) is 8.41. The Morgan fingerprint density at radius 1 is 1.28 bits per heavy atom. The molecule has 6 nitrogen and oxygen atoms in total. The third kappa shape index (κ3) is 3.54. The molecule has 0 aliphatic rings. The molecule has 1 aromatic rings. The fourth-order valence-electron chi connectivity index (χ4n) is 1.59. The summed E-state index contributed by atoms with van der Waals surface area (Å²) < 4.78 is 26.6. The van der Waals surface area contributed by atoms with Crippen molar-refractivity contribution in [1.82, 2.24) is 19.0 Å². The average molecular weight is 274 g/mol. The molecule has 0 spiro atoms. The van der Waals surface area contributed by atoms with Gasteiger partial charge >= 0.3 is 0 Å². The van der Waals surface area contributed by atoms with Crippen molar-refractivity contribution in [2.75, 3.05) is 33.7 Å². The summed E-state index contributed by atoms with van der Waals surface area (Å²) >= 11 is 0. The van der Waals surface area contributed by atoms with Crippen LogP contribution in [0.3, 0.4) is 0 Å². The molecule has 104 valence electrons. The van der Waals surface area contributed by atoms with Gasteiger partial charge in [0.1, 0.15) is 4.90 Å². The Bertz CT molecular complexity index is 463. The largest absolute Gasteiger partial charge is 0.302 e. The van der Waals surface area contributed by atoms with Gasteiger partial charge in [0.25, 0.3) is 0 Å². The summed E-state index contributed by atoms with van der Waals surface area (Å²) in [6.07, 6.45) is 2.98. The predicted octanol–water partition coefficient (Wildman–Crippen LogP) is 0.475. The highest BCUT2D eigenvalue weighted by atomic mass is 32.2. The second kappa shape index (κ2) is 6.31. The lowest BCUT2D eigenvalue weighted by molar-refractivity contribution is 0.285. The van der Waals surface area contributed by atoms with Crippen LogP contribution in [0.1, 0.15) is 13.8 Å². The Morgan fingerprint density at radius 3 is 2.39 bits per heavy atom. The maximum absolute atomic E-state index is 11.9. The van der Waals surface area contributed by atoms with E-state index >= 15 is 0 Å². The quantitative estimate of drug-likeness (QED) is 0.725. The van der Waals surface area contributed by atoms with Crippen LogP contribution in [0.25, 0.3) is 0 Å². The molecule has 7 heteroatoms. The van der Waals surface area contributed by atoms with Gasteiger partial charge in [-0.05, 0) is 13.1 Å². The molecule has 0 aromatic carbocycles. The van der Waals surface area contributed by atoms with E-state index in [0.29, 0.717) is 6.54 Å². The Labute approximate surface area is 109 Å². The molecule has 1 aromatic heterocycles. The second-order valence-electron chi connectivity index (χ2n) is 4.25. The maximum Gasteiger partial charge on any atom is 0.245 e. The molecule has 0 saturated heterocycles. The normalized spacial score (nSPS) is 12.6. The van der Waals surface area contributed by atoms with Crippen LogP contribution in [0.2, 0.25) is 0 Å². The third-order valence-corrected chi connectivity index (χ3v) is 4.70. The molecule has 0 aliphatic carbocycles. The van der Waals surface area contributed by atoms with Crippen LogP contribution in [0, 0.1) is 0 Å². The molecule has 1 rings (SSSR count). The van der Waals surface area contributed by atoms with Crippen molar-refractivity contribution < 1.29 is 8.42 Å². The number of nitrogens with zero attached hydrogens (tertiary/aromatic N) is 4. The maximum atomic E-state index is 11.9. The number of aromatic nitrogens is 2. The zero-order chi connectivity index (χ0) is 13.8. The Morgan fingerprint density at radius 2 is 1.89 bits per heavy atom. The minimum absolute atomic E-state index is 0.243. The van der Waals surface area contributed by atoms with E-state index < -0.39 is 10.0 Å². The van der Waals surface area contributed by atoms with E-state index in [4.69, 9.17) is 0 Å². The van der Waals surface area contributed by atoms with Crippen molar-refractivity contribution in [3.8, 4) is 0 Å². The van der Waals surface area contributed by atoms with Crippen LogP contribution in [-0.4, -0.2) is 61.1 Å². The van der Waals surface area contributed by atoms with Crippen LogP contribution in [0.4, 0.5) is 0 Å². The standard InChI is InChI=1S/C11H22N4O2S/c1-5-14(6-2)7-8-15-10-11(9-12-15)18(16,17)13(3)4/h9-10H,5-8H2,1-4H3. The van der Waals surface area contributed by atoms with E-state index in [1.807, 2.05) is 0 Å². The minimum atomic E-state index is -3.37. The summed E-state index contributed by atoms with van der Waals surface area (Å²) in [5.41, 5.74) is 0. The van der Waals surface area contributed by atoms with Gasteiger partial charge in [0.15, 0.2) is 0 Å². The third-order valence-electron chi connectivity index (χ3n) is 2.93. The zero-order valence-electron chi connectivity index (χ0n) is 11.5. The summed E-state index contributed by atoms with van der Waals surface area (Å²) in [6.45, 7) is 7.76. The Hall–Kier alpha value is -0.920. The fourth-order valence-corrected chi connectivity index (χ4v) is 2.45. The summed E-state index contributed by atoms with van der Waals surface area (Å²) in [4.78, 5) is 2.51. The van der Waals surface area contributed by atoms with Gasteiger partial charge in [-0.2, -0.15) is 5.10 Å². The molecule has 0 atom stereocenters. The zero-order valence-corrected chi connectivity index (χ0v) is 12.3. The predicted molar refractivity (Wildman–Crippen MR) is 70.9 cm³/mol. The summed E-state index contributed by atoms with van der Waals surface area (Å²) in [5.74, 6) is 0. The Kier molecular flexibility index (Phi) is 5.30. The first-order valence-electron chi connectivity index (χ1n) is 6.09. The van der Waals surface area contributed by atoms with E-state index in [-0.39, 0.29) is 4.90 Å². The van der Waals surface area contributed by atoms with Crippen molar-refractivity contribution in [2.45, 2.75) is 25.3 Å². The van der Waals surface area contributed by atoms with Crippen molar-refractivity contribution in [3.05, 3.63) is 12.4 Å². The van der Waals surface area contributed by atoms with Crippen molar-refractivity contribution in [2.24, 2.45) is 0 Å². The van der Waals surface area contributed by atoms with Gasteiger partial charge in [-0.15, -0.1) is 0 Å². The molecule has 1 heterocycles. The fraction of sp³-hybridized carbons (Fsp3) is 0.727. The second-order valence-corrected chi connectivity index (χ2v) is 6.41. The lowest BCUT2D eigenvalue weighted by atomic mass is 10.5. The molecule has 0 fully saturated rings. The highest BCUT2D eigenvalue weighted by molar-refractivity contribution is 7.89. The lowest BCUT2D eigenvalue weighted by Gasteiger charge is -2.17. The van der Waals surface area contributed by atoms with Gasteiger partial charge in [0, 0.05) is 26.8 Å². The average Bonchev–Trinajstić information content (AvgIpc) is 2.79. The van der Waals surface area contributed by atoms with Crippen LogP contribution in [-0.2, 0) is 16.6 Å². The van der Waals surface area contributed by atoms with Crippen LogP contribution < -0.4 is 0 Å². The first-order valence-corrected chi connectivity index (χ1v) is 7.53. The van der Waals surface area contributed by atoms with Gasteiger partial charge in [-0.3, -0.25) is 4.68 Å². The van der Waals surface area contributed by atoms with Crippen molar-refractivity contribution in [3.63, 3.8) is 0 Å². The molecular formula is C11H22N4O2S. The molecule has 0 unspecified atom stereocenters. The van der Waals surface area contributed by atoms with Crippen molar-refractivity contribution in [1.29, 1.82) is 0 Å². The van der Waals surface area contributed by atoms with Gasteiger partial charge < -0.3 is 4.90 Å². The number of sulfonamides is 1. The first kappa shape index (κ1) is 15.1. The minimum Gasteiger partial charge on any atom is -0.302 e. The SMILES string of the molecule is CCN(CC)CCn1cc(S(=O)(=O)N(C)C)cn1. The molecule has 0 saturated carbocycles. The highest BCUT2D eigenvalue weighted by Gasteiger charge is 2.19. The summed E-state index contributed by atoms with van der Waals surface area (Å²) in [5, 5.41) is 4.09. The van der Waals surface area contributed by atoms with Gasteiger partial charge in [0.2, 0.25) is 10.0 Å². The van der Waals surface area contributed by atoms with Crippen LogP contribution in [0.15, 0.2) is 17.3 Å². The van der Waals surface area contributed by atoms with E-state index in [0.717, 1.165) is 19.6 Å². The Balaban J connectivity index is 2.70. The van der Waals surface area contributed by atoms with Gasteiger partial charge in [-0.25, -0.2) is 12.7 Å². The smallest absolute Gasteiger partial charge is 0.245 e. The molecule has 0 amide bonds. The summed E-state index contributed by atoms with van der Waals surface area (Å²) in [7, 11) is -0.336. The van der Waals surface area contributed by atoms with E-state index in [1.165, 1.54) is 24.6 Å². The highest BCUT2D eigenvalue weighted by Crippen LogP contribution is 2.11. The monoisotopic (exact) mass is 274 g/mol. The topological polar surface area (TPSA) is 58.4 Å². The van der Waals surface area contributed by atoms with E-state index in [1.54, 1.807) is 10.9 Å². The van der Waals surface area contributed by atoms with Gasteiger partial charge in [-0.1, -0.05) is 13.8 Å². The van der Waals surface area contributed by atoms with E-state index in [9.17, 15) is 8.42 Å². The number of rotatable bonds is 7. The molecular weight excluding hydrogens is 252 g/mol.